The van der Waals surface area contributed by atoms with Gasteiger partial charge < -0.3 is 4.74 Å². The summed E-state index contributed by atoms with van der Waals surface area (Å²) in [4.78, 5) is 10.6. The van der Waals surface area contributed by atoms with Crippen LogP contribution < -0.4 is 4.74 Å². The fraction of sp³-hybridized carbons (Fsp3) is 0.381. The van der Waals surface area contributed by atoms with E-state index in [1.165, 1.54) is 32.1 Å². The minimum atomic E-state index is 0.281. The second kappa shape index (κ2) is 7.45. The van der Waals surface area contributed by atoms with Crippen LogP contribution in [0.4, 0.5) is 0 Å². The first-order valence-corrected chi connectivity index (χ1v) is 8.51. The van der Waals surface area contributed by atoms with Gasteiger partial charge in [0.1, 0.15) is 5.75 Å². The molecule has 3 rings (SSSR count). The van der Waals surface area contributed by atoms with E-state index < -0.39 is 0 Å². The van der Waals surface area contributed by atoms with Gasteiger partial charge in [-0.15, -0.1) is 0 Å². The van der Waals surface area contributed by atoms with Gasteiger partial charge in [0, 0.05) is 5.56 Å². The lowest BCUT2D eigenvalue weighted by atomic mass is 9.86. The van der Waals surface area contributed by atoms with Crippen LogP contribution in [-0.4, -0.2) is 12.4 Å². The highest BCUT2D eigenvalue weighted by Gasteiger charge is 2.21. The van der Waals surface area contributed by atoms with Crippen LogP contribution in [0.15, 0.2) is 48.5 Å². The Hall–Kier alpha value is -2.09. The van der Waals surface area contributed by atoms with Crippen LogP contribution in [0.2, 0.25) is 0 Å². The molecule has 0 amide bonds. The lowest BCUT2D eigenvalue weighted by molar-refractivity contribution is 0.123. The number of hydrogen-bond acceptors (Lipinski definition) is 2. The molecule has 119 valence electrons. The van der Waals surface area contributed by atoms with Gasteiger partial charge in [0.05, 0.1) is 6.10 Å². The Kier molecular flexibility index (Phi) is 5.12. The van der Waals surface area contributed by atoms with Crippen molar-refractivity contribution in [1.82, 2.24) is 0 Å². The van der Waals surface area contributed by atoms with Gasteiger partial charge in [-0.3, -0.25) is 4.79 Å². The molecular weight excluding hydrogens is 284 g/mol. The molecule has 1 saturated carbocycles. The zero-order chi connectivity index (χ0) is 16.1. The van der Waals surface area contributed by atoms with E-state index >= 15 is 0 Å². The summed E-state index contributed by atoms with van der Waals surface area (Å²) in [6.07, 6.45) is 8.81. The van der Waals surface area contributed by atoms with Crippen molar-refractivity contribution in [3.05, 3.63) is 54.1 Å². The molecule has 0 N–H and O–H groups in total. The molecule has 2 nitrogen and oxygen atoms in total. The fourth-order valence-corrected chi connectivity index (χ4v) is 3.37. The van der Waals surface area contributed by atoms with Crippen LogP contribution in [0, 0.1) is 5.92 Å². The van der Waals surface area contributed by atoms with Crippen LogP contribution in [0.25, 0.3) is 11.1 Å². The van der Waals surface area contributed by atoms with Crippen molar-refractivity contribution < 1.29 is 9.53 Å². The molecule has 0 aliphatic heterocycles. The SMILES string of the molecule is CC(Oc1ccc(-c2ccc([C]=O)cc2)cc1)C1CCCCC1. The van der Waals surface area contributed by atoms with Gasteiger partial charge in [-0.25, -0.2) is 0 Å². The summed E-state index contributed by atoms with van der Waals surface area (Å²) in [7, 11) is 0. The zero-order valence-electron chi connectivity index (χ0n) is 13.6. The molecule has 2 aromatic carbocycles. The predicted octanol–water partition coefficient (Wildman–Crippen LogP) is 5.16. The second-order valence-electron chi connectivity index (χ2n) is 6.42. The van der Waals surface area contributed by atoms with E-state index in [2.05, 4.69) is 19.1 Å². The summed E-state index contributed by atoms with van der Waals surface area (Å²) in [6, 6.07) is 15.7. The van der Waals surface area contributed by atoms with Crippen molar-refractivity contribution in [3.63, 3.8) is 0 Å². The summed E-state index contributed by atoms with van der Waals surface area (Å²) in [5.41, 5.74) is 2.80. The first-order valence-electron chi connectivity index (χ1n) is 8.51. The van der Waals surface area contributed by atoms with Gasteiger partial charge in [0.15, 0.2) is 0 Å². The molecule has 1 aliphatic carbocycles. The maximum absolute atomic E-state index is 10.6. The molecule has 2 heteroatoms. The number of benzene rings is 2. The maximum Gasteiger partial charge on any atom is 0.233 e. The summed E-state index contributed by atoms with van der Waals surface area (Å²) in [6.45, 7) is 2.19. The Bertz CT molecular complexity index is 622. The quantitative estimate of drug-likeness (QED) is 0.762. The molecule has 0 aromatic heterocycles. The number of carbonyl (C=O) groups excluding carboxylic acids is 1. The number of hydrogen-bond donors (Lipinski definition) is 0. The molecule has 1 aliphatic rings. The Morgan fingerprint density at radius 3 is 2.04 bits per heavy atom. The summed E-state index contributed by atoms with van der Waals surface area (Å²) in [5, 5.41) is 0. The molecule has 2 aromatic rings. The molecule has 0 spiro atoms. The number of rotatable bonds is 5. The van der Waals surface area contributed by atoms with Gasteiger partial charge in [0.25, 0.3) is 0 Å². The lowest BCUT2D eigenvalue weighted by Gasteiger charge is -2.28. The van der Waals surface area contributed by atoms with Gasteiger partial charge >= 0.3 is 0 Å². The highest BCUT2D eigenvalue weighted by Crippen LogP contribution is 2.29. The molecule has 1 unspecified atom stereocenters. The van der Waals surface area contributed by atoms with Crippen LogP contribution in [0.5, 0.6) is 5.75 Å². The zero-order valence-corrected chi connectivity index (χ0v) is 13.6. The molecule has 0 bridgehead atoms. The molecule has 0 heterocycles. The van der Waals surface area contributed by atoms with E-state index in [-0.39, 0.29) is 6.10 Å². The summed E-state index contributed by atoms with van der Waals surface area (Å²) >= 11 is 0. The standard InChI is InChI=1S/C21H23O2/c1-16(18-5-3-2-4-6-18)23-21-13-11-20(12-14-21)19-9-7-17(15-22)8-10-19/h7-14,16,18H,2-6H2,1H3. The van der Waals surface area contributed by atoms with Crippen LogP contribution in [0.1, 0.15) is 44.6 Å². The highest BCUT2D eigenvalue weighted by molar-refractivity contribution is 5.77. The van der Waals surface area contributed by atoms with Crippen molar-refractivity contribution in [2.24, 2.45) is 5.92 Å². The van der Waals surface area contributed by atoms with E-state index in [4.69, 9.17) is 4.74 Å². The molecule has 1 radical (unpaired) electrons. The molecular formula is C21H23O2. The van der Waals surface area contributed by atoms with E-state index in [0.29, 0.717) is 11.5 Å². The Morgan fingerprint density at radius 1 is 0.913 bits per heavy atom. The topological polar surface area (TPSA) is 26.3 Å². The monoisotopic (exact) mass is 307 g/mol. The summed E-state index contributed by atoms with van der Waals surface area (Å²) < 4.78 is 6.13. The maximum atomic E-state index is 10.6. The minimum absolute atomic E-state index is 0.281. The second-order valence-corrected chi connectivity index (χ2v) is 6.42. The van der Waals surface area contributed by atoms with Crippen molar-refractivity contribution in [2.75, 3.05) is 0 Å². The first kappa shape index (κ1) is 15.8. The third-order valence-corrected chi connectivity index (χ3v) is 4.83. The largest absolute Gasteiger partial charge is 0.490 e. The molecule has 1 fully saturated rings. The fourth-order valence-electron chi connectivity index (χ4n) is 3.37. The normalized spacial score (nSPS) is 16.7. The predicted molar refractivity (Wildman–Crippen MR) is 93.3 cm³/mol. The van der Waals surface area contributed by atoms with Crippen LogP contribution >= 0.6 is 0 Å². The van der Waals surface area contributed by atoms with Gasteiger partial charge in [-0.05, 0) is 48.9 Å². The van der Waals surface area contributed by atoms with Crippen molar-refractivity contribution in [2.45, 2.75) is 45.1 Å². The third kappa shape index (κ3) is 4.01. The minimum Gasteiger partial charge on any atom is -0.490 e. The third-order valence-electron chi connectivity index (χ3n) is 4.83. The molecule has 23 heavy (non-hydrogen) atoms. The van der Waals surface area contributed by atoms with Crippen LogP contribution in [0.3, 0.4) is 0 Å². The number of ether oxygens (including phenoxy) is 1. The van der Waals surface area contributed by atoms with Crippen LogP contribution in [-0.2, 0) is 4.79 Å². The lowest BCUT2D eigenvalue weighted by Crippen LogP contribution is -2.25. The van der Waals surface area contributed by atoms with Gasteiger partial charge in [-0.2, -0.15) is 0 Å². The Morgan fingerprint density at radius 2 is 1.48 bits per heavy atom. The Labute approximate surface area is 138 Å². The van der Waals surface area contributed by atoms with Crippen molar-refractivity contribution >= 4 is 6.29 Å². The highest BCUT2D eigenvalue weighted by atomic mass is 16.5. The average molecular weight is 307 g/mol. The van der Waals surface area contributed by atoms with E-state index in [1.807, 2.05) is 30.6 Å². The van der Waals surface area contributed by atoms with Gasteiger partial charge in [-0.1, -0.05) is 55.7 Å². The van der Waals surface area contributed by atoms with Crippen molar-refractivity contribution in [1.29, 1.82) is 0 Å². The average Bonchev–Trinajstić information content (AvgIpc) is 2.63. The van der Waals surface area contributed by atoms with Crippen molar-refractivity contribution in [3.8, 4) is 16.9 Å². The van der Waals surface area contributed by atoms with E-state index in [1.54, 1.807) is 12.1 Å². The van der Waals surface area contributed by atoms with E-state index in [9.17, 15) is 4.79 Å². The van der Waals surface area contributed by atoms with Gasteiger partial charge in [0.2, 0.25) is 6.29 Å². The molecule has 1 atom stereocenters. The smallest absolute Gasteiger partial charge is 0.233 e. The molecule has 0 saturated heterocycles. The Balaban J connectivity index is 1.65. The first-order chi connectivity index (χ1) is 11.3. The summed E-state index contributed by atoms with van der Waals surface area (Å²) in [5.74, 6) is 1.63. The van der Waals surface area contributed by atoms with E-state index in [0.717, 1.165) is 16.9 Å².